The highest BCUT2D eigenvalue weighted by atomic mass is 31.2. The Hall–Kier alpha value is -0.360. The molecular formula is C8H16NO3P. The Morgan fingerprint density at radius 2 is 1.85 bits per heavy atom. The maximum atomic E-state index is 11.7. The van der Waals surface area contributed by atoms with Crippen molar-refractivity contribution in [1.82, 2.24) is 0 Å². The first-order valence-electron chi connectivity index (χ1n) is 4.43. The van der Waals surface area contributed by atoms with Crippen LogP contribution in [-0.4, -0.2) is 19.4 Å². The topological polar surface area (TPSA) is 59.3 Å². The molecule has 0 rings (SSSR count). The van der Waals surface area contributed by atoms with Gasteiger partial charge in [-0.05, 0) is 20.3 Å². The van der Waals surface area contributed by atoms with Gasteiger partial charge in [-0.15, -0.1) is 0 Å². The van der Waals surface area contributed by atoms with Crippen molar-refractivity contribution in [3.63, 3.8) is 0 Å². The molecule has 0 aromatic rings. The fraction of sp³-hybridized carbons (Fsp3) is 0.875. The van der Waals surface area contributed by atoms with Gasteiger partial charge in [-0.1, -0.05) is 0 Å². The van der Waals surface area contributed by atoms with Crippen LogP contribution in [0.5, 0.6) is 0 Å². The number of hydrogen-bond acceptors (Lipinski definition) is 4. The minimum atomic E-state index is -2.90. The van der Waals surface area contributed by atoms with Crippen LogP contribution >= 0.6 is 7.60 Å². The third-order valence-electron chi connectivity index (χ3n) is 1.37. The van der Waals surface area contributed by atoms with Crippen LogP contribution < -0.4 is 0 Å². The SMILES string of the molecule is CCOP(=O)(CCCC#N)OCC. The quantitative estimate of drug-likeness (QED) is 0.473. The molecule has 0 heterocycles. The van der Waals surface area contributed by atoms with Crippen molar-refractivity contribution in [2.45, 2.75) is 26.7 Å². The van der Waals surface area contributed by atoms with Gasteiger partial charge < -0.3 is 9.05 Å². The van der Waals surface area contributed by atoms with Gasteiger partial charge in [-0.2, -0.15) is 5.26 Å². The van der Waals surface area contributed by atoms with Gasteiger partial charge in [0.25, 0.3) is 0 Å². The van der Waals surface area contributed by atoms with E-state index >= 15 is 0 Å². The Balaban J connectivity index is 3.93. The summed E-state index contributed by atoms with van der Waals surface area (Å²) < 4.78 is 21.8. The summed E-state index contributed by atoms with van der Waals surface area (Å²) in [6, 6.07) is 1.99. The summed E-state index contributed by atoms with van der Waals surface area (Å²) in [5.41, 5.74) is 0. The zero-order chi connectivity index (χ0) is 10.2. The molecule has 0 saturated carbocycles. The largest absolute Gasteiger partial charge is 0.330 e. The average molecular weight is 205 g/mol. The molecule has 13 heavy (non-hydrogen) atoms. The lowest BCUT2D eigenvalue weighted by atomic mass is 10.4. The van der Waals surface area contributed by atoms with Crippen LogP contribution in [0.15, 0.2) is 0 Å². The van der Waals surface area contributed by atoms with Crippen LogP contribution in [0, 0.1) is 11.3 Å². The highest BCUT2D eigenvalue weighted by Crippen LogP contribution is 2.48. The van der Waals surface area contributed by atoms with Gasteiger partial charge in [-0.25, -0.2) is 0 Å². The predicted octanol–water partition coefficient (Wildman–Crippen LogP) is 2.56. The lowest BCUT2D eigenvalue weighted by molar-refractivity contribution is 0.220. The molecule has 5 heteroatoms. The van der Waals surface area contributed by atoms with Crippen molar-refractivity contribution in [2.24, 2.45) is 0 Å². The molecule has 0 bridgehead atoms. The van der Waals surface area contributed by atoms with Crippen LogP contribution in [-0.2, 0) is 13.6 Å². The molecule has 0 aliphatic carbocycles. The molecule has 4 nitrogen and oxygen atoms in total. The van der Waals surface area contributed by atoms with Crippen molar-refractivity contribution >= 4 is 7.60 Å². The van der Waals surface area contributed by atoms with Gasteiger partial charge in [0.2, 0.25) is 0 Å². The molecule has 0 aliphatic rings. The van der Waals surface area contributed by atoms with E-state index in [-0.39, 0.29) is 0 Å². The number of nitriles is 1. The van der Waals surface area contributed by atoms with E-state index in [9.17, 15) is 4.57 Å². The van der Waals surface area contributed by atoms with Gasteiger partial charge in [-0.3, -0.25) is 4.57 Å². The molecule has 0 spiro atoms. The van der Waals surface area contributed by atoms with Crippen molar-refractivity contribution < 1.29 is 13.6 Å². The molecular weight excluding hydrogens is 189 g/mol. The molecule has 0 aliphatic heterocycles. The number of nitrogens with zero attached hydrogens (tertiary/aromatic N) is 1. The van der Waals surface area contributed by atoms with E-state index in [1.807, 2.05) is 6.07 Å². The summed E-state index contributed by atoms with van der Waals surface area (Å²) in [6.45, 7) is 4.31. The first-order valence-corrected chi connectivity index (χ1v) is 6.16. The zero-order valence-electron chi connectivity index (χ0n) is 8.15. The third kappa shape index (κ3) is 5.81. The van der Waals surface area contributed by atoms with Gasteiger partial charge in [0.05, 0.1) is 25.4 Å². The normalized spacial score (nSPS) is 11.2. The minimum Gasteiger partial charge on any atom is -0.309 e. The van der Waals surface area contributed by atoms with Crippen molar-refractivity contribution in [3.8, 4) is 6.07 Å². The van der Waals surface area contributed by atoms with E-state index in [4.69, 9.17) is 14.3 Å². The number of unbranched alkanes of at least 4 members (excludes halogenated alkanes) is 1. The predicted molar refractivity (Wildman–Crippen MR) is 50.6 cm³/mol. The Morgan fingerprint density at radius 1 is 1.31 bits per heavy atom. The lowest BCUT2D eigenvalue weighted by Gasteiger charge is -2.15. The van der Waals surface area contributed by atoms with E-state index in [1.165, 1.54) is 0 Å². The molecule has 0 radical (unpaired) electrons. The standard InChI is InChI=1S/C8H16NO3P/c1-3-11-13(10,12-4-2)8-6-5-7-9/h3-6,8H2,1-2H3. The summed E-state index contributed by atoms with van der Waals surface area (Å²) in [4.78, 5) is 0. The Bertz CT molecular complexity index is 202. The van der Waals surface area contributed by atoms with Crippen LogP contribution in [0.25, 0.3) is 0 Å². The van der Waals surface area contributed by atoms with E-state index < -0.39 is 7.60 Å². The molecule has 0 aromatic heterocycles. The van der Waals surface area contributed by atoms with Gasteiger partial charge in [0.1, 0.15) is 0 Å². The summed E-state index contributed by atoms with van der Waals surface area (Å²) in [7, 11) is -2.90. The van der Waals surface area contributed by atoms with Crippen LogP contribution in [0.1, 0.15) is 26.7 Å². The summed E-state index contributed by atoms with van der Waals surface area (Å²) in [5, 5.41) is 8.30. The first kappa shape index (κ1) is 12.6. The molecule has 76 valence electrons. The fourth-order valence-corrected chi connectivity index (χ4v) is 2.58. The Morgan fingerprint density at radius 3 is 2.23 bits per heavy atom. The highest BCUT2D eigenvalue weighted by Gasteiger charge is 2.22. The molecule has 0 amide bonds. The van der Waals surface area contributed by atoms with E-state index in [0.717, 1.165) is 0 Å². The number of rotatable bonds is 7. The van der Waals surface area contributed by atoms with Crippen molar-refractivity contribution in [2.75, 3.05) is 19.4 Å². The molecule has 0 N–H and O–H groups in total. The monoisotopic (exact) mass is 205 g/mol. The lowest BCUT2D eigenvalue weighted by Crippen LogP contribution is -1.99. The van der Waals surface area contributed by atoms with Gasteiger partial charge in [0, 0.05) is 6.42 Å². The van der Waals surface area contributed by atoms with Crippen LogP contribution in [0.3, 0.4) is 0 Å². The smallest absolute Gasteiger partial charge is 0.309 e. The Labute approximate surface area is 79.4 Å². The van der Waals surface area contributed by atoms with Crippen LogP contribution in [0.4, 0.5) is 0 Å². The molecule has 0 aromatic carbocycles. The zero-order valence-corrected chi connectivity index (χ0v) is 9.05. The third-order valence-corrected chi connectivity index (χ3v) is 3.54. The van der Waals surface area contributed by atoms with E-state index in [2.05, 4.69) is 0 Å². The fourth-order valence-electron chi connectivity index (χ4n) is 0.912. The van der Waals surface area contributed by atoms with Crippen molar-refractivity contribution in [3.05, 3.63) is 0 Å². The molecule has 0 atom stereocenters. The second kappa shape index (κ2) is 7.08. The van der Waals surface area contributed by atoms with Crippen LogP contribution in [0.2, 0.25) is 0 Å². The molecule has 0 fully saturated rings. The maximum absolute atomic E-state index is 11.7. The highest BCUT2D eigenvalue weighted by molar-refractivity contribution is 7.53. The molecule has 0 unspecified atom stereocenters. The second-order valence-corrected chi connectivity index (χ2v) is 4.62. The van der Waals surface area contributed by atoms with Gasteiger partial charge >= 0.3 is 7.60 Å². The van der Waals surface area contributed by atoms with Gasteiger partial charge in [0.15, 0.2) is 0 Å². The van der Waals surface area contributed by atoms with Crippen molar-refractivity contribution in [1.29, 1.82) is 5.26 Å². The summed E-state index contributed by atoms with van der Waals surface area (Å²) in [5.74, 6) is 0. The number of hydrogen-bond donors (Lipinski definition) is 0. The Kier molecular flexibility index (Phi) is 6.89. The summed E-state index contributed by atoms with van der Waals surface area (Å²) in [6.07, 6.45) is 1.29. The first-order chi connectivity index (χ1) is 6.18. The summed E-state index contributed by atoms with van der Waals surface area (Å²) >= 11 is 0. The second-order valence-electron chi connectivity index (χ2n) is 2.43. The average Bonchev–Trinajstić information content (AvgIpc) is 2.05. The minimum absolute atomic E-state index is 0.336. The molecule has 0 saturated heterocycles. The maximum Gasteiger partial charge on any atom is 0.330 e. The van der Waals surface area contributed by atoms with E-state index in [1.54, 1.807) is 13.8 Å². The van der Waals surface area contributed by atoms with E-state index in [0.29, 0.717) is 32.2 Å².